The van der Waals surface area contributed by atoms with Crippen LogP contribution in [0.3, 0.4) is 0 Å². The van der Waals surface area contributed by atoms with E-state index < -0.39 is 22.0 Å². The minimum absolute atomic E-state index is 0.0817. The van der Waals surface area contributed by atoms with Gasteiger partial charge in [0.05, 0.1) is 23.7 Å². The van der Waals surface area contributed by atoms with Gasteiger partial charge in [0.25, 0.3) is 0 Å². The van der Waals surface area contributed by atoms with E-state index in [9.17, 15) is 17.9 Å². The zero-order chi connectivity index (χ0) is 14.9. The summed E-state index contributed by atoms with van der Waals surface area (Å²) in [5.74, 6) is -0.631. The number of sulfone groups is 1. The third kappa shape index (κ3) is 3.54. The molecule has 2 atom stereocenters. The molecule has 1 aliphatic heterocycles. The first-order valence-electron chi connectivity index (χ1n) is 6.35. The van der Waals surface area contributed by atoms with E-state index in [1.807, 2.05) is 0 Å². The van der Waals surface area contributed by atoms with Gasteiger partial charge in [-0.3, -0.25) is 0 Å². The van der Waals surface area contributed by atoms with Crippen molar-refractivity contribution in [3.8, 4) is 0 Å². The number of halogens is 1. The zero-order valence-corrected chi connectivity index (χ0v) is 12.3. The summed E-state index contributed by atoms with van der Waals surface area (Å²) in [5.41, 5.74) is 0.732. The van der Waals surface area contributed by atoms with E-state index in [0.29, 0.717) is 6.54 Å². The Kier molecular flexibility index (Phi) is 4.43. The highest BCUT2D eigenvalue weighted by Crippen LogP contribution is 2.21. The Morgan fingerprint density at radius 3 is 2.55 bits per heavy atom. The summed E-state index contributed by atoms with van der Waals surface area (Å²) < 4.78 is 36.5. The van der Waals surface area contributed by atoms with Crippen LogP contribution in [0.1, 0.15) is 5.56 Å². The lowest BCUT2D eigenvalue weighted by Gasteiger charge is -2.35. The summed E-state index contributed by atoms with van der Waals surface area (Å²) in [6, 6.07) is 5.65. The quantitative estimate of drug-likeness (QED) is 0.809. The summed E-state index contributed by atoms with van der Waals surface area (Å²) in [7, 11) is 0.333. The number of rotatable bonds is 4. The van der Waals surface area contributed by atoms with Crippen LogP contribution < -0.4 is 0 Å². The van der Waals surface area contributed by atoms with Gasteiger partial charge >= 0.3 is 0 Å². The first-order chi connectivity index (χ1) is 9.28. The fourth-order valence-electron chi connectivity index (χ4n) is 2.47. The lowest BCUT2D eigenvalue weighted by molar-refractivity contribution is -0.0559. The van der Waals surface area contributed by atoms with E-state index in [4.69, 9.17) is 0 Å². The zero-order valence-electron chi connectivity index (χ0n) is 11.5. The van der Waals surface area contributed by atoms with Crippen LogP contribution in [0, 0.1) is 5.82 Å². The second kappa shape index (κ2) is 5.77. The van der Waals surface area contributed by atoms with E-state index >= 15 is 0 Å². The number of aliphatic hydroxyl groups excluding tert-OH is 1. The van der Waals surface area contributed by atoms with Crippen LogP contribution in [0.5, 0.6) is 0 Å². The van der Waals surface area contributed by atoms with Gasteiger partial charge in [-0.2, -0.15) is 0 Å². The van der Waals surface area contributed by atoms with Crippen LogP contribution in [-0.4, -0.2) is 61.3 Å². The molecule has 20 heavy (non-hydrogen) atoms. The van der Waals surface area contributed by atoms with E-state index in [2.05, 4.69) is 0 Å². The Balaban J connectivity index is 2.20. The van der Waals surface area contributed by atoms with Crippen molar-refractivity contribution < 1.29 is 17.9 Å². The van der Waals surface area contributed by atoms with Crippen molar-refractivity contribution in [3.05, 3.63) is 35.6 Å². The number of hydrogen-bond donors (Lipinski definition) is 1. The summed E-state index contributed by atoms with van der Waals surface area (Å²) in [6.45, 7) is 0.349. The lowest BCUT2D eigenvalue weighted by atomic mass is 10.1. The Hall–Kier alpha value is -1.02. The third-order valence-electron chi connectivity index (χ3n) is 3.42. The Morgan fingerprint density at radius 2 is 2.05 bits per heavy atom. The van der Waals surface area contributed by atoms with E-state index in [0.717, 1.165) is 5.56 Å². The van der Waals surface area contributed by atoms with E-state index in [1.54, 1.807) is 36.2 Å². The van der Waals surface area contributed by atoms with Crippen molar-refractivity contribution in [1.82, 2.24) is 10.0 Å². The molecule has 1 aliphatic rings. The number of aliphatic hydroxyl groups is 1. The molecule has 0 saturated carbocycles. The van der Waals surface area contributed by atoms with Gasteiger partial charge < -0.3 is 5.11 Å². The molecule has 0 bridgehead atoms. The van der Waals surface area contributed by atoms with Crippen LogP contribution in [0.2, 0.25) is 0 Å². The molecular formula is C13H19FN2O3S. The molecule has 1 N–H and O–H groups in total. The largest absolute Gasteiger partial charge is 0.390 e. The average molecular weight is 302 g/mol. The molecule has 7 heteroatoms. The number of benzene rings is 1. The summed E-state index contributed by atoms with van der Waals surface area (Å²) in [6.07, 6.45) is -0.920. The predicted octanol–water partition coefficient (Wildman–Crippen LogP) is 0.262. The molecule has 0 unspecified atom stereocenters. The minimum Gasteiger partial charge on any atom is -0.390 e. The molecule has 5 nitrogen and oxygen atoms in total. The molecule has 0 aromatic heterocycles. The van der Waals surface area contributed by atoms with Gasteiger partial charge in [-0.1, -0.05) is 12.1 Å². The predicted molar refractivity (Wildman–Crippen MR) is 74.1 cm³/mol. The fraction of sp³-hybridized carbons (Fsp3) is 0.538. The summed E-state index contributed by atoms with van der Waals surface area (Å²) >= 11 is 0. The molecule has 112 valence electrons. The maximum absolute atomic E-state index is 13.2. The number of nitrogens with zero attached hydrogens (tertiary/aromatic N) is 2. The molecular weight excluding hydrogens is 283 g/mol. The highest BCUT2D eigenvalue weighted by Gasteiger charge is 2.40. The monoisotopic (exact) mass is 302 g/mol. The van der Waals surface area contributed by atoms with Crippen LogP contribution in [0.25, 0.3) is 0 Å². The van der Waals surface area contributed by atoms with Crippen LogP contribution >= 0.6 is 0 Å². The third-order valence-corrected chi connectivity index (χ3v) is 5.12. The minimum atomic E-state index is -3.22. The van der Waals surface area contributed by atoms with Crippen molar-refractivity contribution in [2.45, 2.75) is 18.7 Å². The molecule has 1 heterocycles. The fourth-order valence-corrected chi connectivity index (χ4v) is 4.27. The van der Waals surface area contributed by atoms with Gasteiger partial charge in [-0.25, -0.2) is 22.8 Å². The number of hydrazine groups is 1. The molecule has 0 amide bonds. The highest BCUT2D eigenvalue weighted by molar-refractivity contribution is 7.91. The van der Waals surface area contributed by atoms with Gasteiger partial charge in [0.2, 0.25) is 0 Å². The Morgan fingerprint density at radius 1 is 1.35 bits per heavy atom. The van der Waals surface area contributed by atoms with Gasteiger partial charge in [0.15, 0.2) is 9.84 Å². The number of hydrogen-bond acceptors (Lipinski definition) is 5. The maximum Gasteiger partial charge on any atom is 0.154 e. The molecule has 0 spiro atoms. The van der Waals surface area contributed by atoms with Gasteiger partial charge in [0.1, 0.15) is 5.82 Å². The molecule has 1 aromatic rings. The van der Waals surface area contributed by atoms with Crippen LogP contribution in [0.15, 0.2) is 24.3 Å². The molecule has 0 radical (unpaired) electrons. The van der Waals surface area contributed by atoms with Crippen LogP contribution in [-0.2, 0) is 16.4 Å². The van der Waals surface area contributed by atoms with Crippen molar-refractivity contribution in [1.29, 1.82) is 0 Å². The molecule has 0 aliphatic carbocycles. The van der Waals surface area contributed by atoms with Crippen molar-refractivity contribution >= 4 is 9.84 Å². The second-order valence-corrected chi connectivity index (χ2v) is 7.44. The average Bonchev–Trinajstić information content (AvgIpc) is 2.59. The van der Waals surface area contributed by atoms with Gasteiger partial charge in [-0.05, 0) is 17.7 Å². The summed E-state index contributed by atoms with van der Waals surface area (Å²) in [5, 5.41) is 13.4. The SMILES string of the molecule is CN(C)N(Cc1cccc(F)c1)[C@H]1CS(=O)(=O)C[C@H]1O. The smallest absolute Gasteiger partial charge is 0.154 e. The molecule has 2 rings (SSSR count). The highest BCUT2D eigenvalue weighted by atomic mass is 32.2. The van der Waals surface area contributed by atoms with Crippen molar-refractivity contribution in [3.63, 3.8) is 0 Å². The maximum atomic E-state index is 13.2. The van der Waals surface area contributed by atoms with Crippen molar-refractivity contribution in [2.75, 3.05) is 25.6 Å². The van der Waals surface area contributed by atoms with Crippen LogP contribution in [0.4, 0.5) is 4.39 Å². The Labute approximate surface area is 118 Å². The lowest BCUT2D eigenvalue weighted by Crippen LogP contribution is -2.49. The van der Waals surface area contributed by atoms with Gasteiger partial charge in [-0.15, -0.1) is 0 Å². The summed E-state index contributed by atoms with van der Waals surface area (Å²) in [4.78, 5) is 0. The first-order valence-corrected chi connectivity index (χ1v) is 8.17. The second-order valence-electron chi connectivity index (χ2n) is 5.29. The van der Waals surface area contributed by atoms with Crippen molar-refractivity contribution in [2.24, 2.45) is 0 Å². The molecule has 1 aromatic carbocycles. The first kappa shape index (κ1) is 15.4. The normalized spacial score (nSPS) is 25.5. The molecule has 1 saturated heterocycles. The molecule has 1 fully saturated rings. The van der Waals surface area contributed by atoms with Gasteiger partial charge in [0, 0.05) is 20.6 Å². The standard InChI is InChI=1S/C13H19FN2O3S/c1-15(2)16(7-10-4-3-5-11(14)6-10)12-8-20(18,19)9-13(12)17/h3-6,12-13,17H,7-9H2,1-2H3/t12-,13+/m0/s1. The Bertz CT molecular complexity index is 577. The topological polar surface area (TPSA) is 60.9 Å². The van der Waals surface area contributed by atoms with E-state index in [1.165, 1.54) is 12.1 Å². The van der Waals surface area contributed by atoms with E-state index in [-0.39, 0.29) is 17.3 Å².